The quantitative estimate of drug-likeness (QED) is 0.592. The summed E-state index contributed by atoms with van der Waals surface area (Å²) in [6.45, 7) is 1.97. The molecular formula is C20H20ClFN4O4. The number of rotatable bonds is 7. The number of anilines is 2. The molecule has 3 N–H and O–H groups in total. The monoisotopic (exact) mass is 434 g/mol. The molecule has 2 heterocycles. The second-order valence-electron chi connectivity index (χ2n) is 6.59. The lowest BCUT2D eigenvalue weighted by molar-refractivity contribution is 0.0979. The van der Waals surface area contributed by atoms with Crippen LogP contribution in [0.15, 0.2) is 50.6 Å². The Morgan fingerprint density at radius 1 is 1.33 bits per heavy atom. The van der Waals surface area contributed by atoms with Gasteiger partial charge < -0.3 is 10.2 Å². The van der Waals surface area contributed by atoms with Gasteiger partial charge in [-0.15, -0.1) is 0 Å². The topological polar surface area (TPSA) is 114 Å². The standard InChI is InChI=1S/C20H20ClFN4O4/c1-2-3-8-25-17(23)16(18(27)24-20(25)29)26(11-13-5-4-9-30-13)19(28)14-10-12(21)6-7-15(14)22/h4-7,9-10H,2-3,8,11,23H2,1H3,(H,24,27,29). The van der Waals surface area contributed by atoms with E-state index in [2.05, 4.69) is 4.98 Å². The molecule has 0 aliphatic heterocycles. The fourth-order valence-corrected chi connectivity index (χ4v) is 3.17. The van der Waals surface area contributed by atoms with Crippen LogP contribution in [-0.2, 0) is 13.1 Å². The van der Waals surface area contributed by atoms with Crippen molar-refractivity contribution >= 4 is 29.0 Å². The van der Waals surface area contributed by atoms with Crippen LogP contribution in [0.1, 0.15) is 35.9 Å². The number of nitrogens with two attached hydrogens (primary N) is 1. The predicted molar refractivity (Wildman–Crippen MR) is 111 cm³/mol. The molecule has 0 spiro atoms. The summed E-state index contributed by atoms with van der Waals surface area (Å²) in [7, 11) is 0. The Morgan fingerprint density at radius 3 is 2.77 bits per heavy atom. The number of hydrogen-bond acceptors (Lipinski definition) is 5. The van der Waals surface area contributed by atoms with E-state index in [9.17, 15) is 18.8 Å². The maximum atomic E-state index is 14.4. The maximum Gasteiger partial charge on any atom is 0.330 e. The second-order valence-corrected chi connectivity index (χ2v) is 7.03. The fraction of sp³-hybridized carbons (Fsp3) is 0.250. The number of nitrogens with one attached hydrogen (secondary N) is 1. The van der Waals surface area contributed by atoms with Crippen LogP contribution in [0.5, 0.6) is 0 Å². The molecule has 0 radical (unpaired) electrons. The number of furan rings is 1. The van der Waals surface area contributed by atoms with Crippen LogP contribution < -0.4 is 21.9 Å². The van der Waals surface area contributed by atoms with Gasteiger partial charge in [0.15, 0.2) is 5.69 Å². The Labute approximate surface area is 175 Å². The van der Waals surface area contributed by atoms with Crippen LogP contribution in [0, 0.1) is 5.82 Å². The number of unbranched alkanes of at least 4 members (excludes halogenated alkanes) is 1. The van der Waals surface area contributed by atoms with E-state index >= 15 is 0 Å². The Morgan fingerprint density at radius 2 is 2.10 bits per heavy atom. The molecular weight excluding hydrogens is 415 g/mol. The van der Waals surface area contributed by atoms with Crippen molar-refractivity contribution in [1.29, 1.82) is 0 Å². The first-order valence-corrected chi connectivity index (χ1v) is 9.63. The molecule has 0 aliphatic carbocycles. The van der Waals surface area contributed by atoms with Gasteiger partial charge in [0.2, 0.25) is 0 Å². The van der Waals surface area contributed by atoms with Crippen LogP contribution in [0.25, 0.3) is 0 Å². The van der Waals surface area contributed by atoms with E-state index in [0.29, 0.717) is 12.2 Å². The third-order valence-corrected chi connectivity index (χ3v) is 4.75. The predicted octanol–water partition coefficient (Wildman–Crippen LogP) is 3.15. The smallest absolute Gasteiger partial charge is 0.330 e. The minimum absolute atomic E-state index is 0.146. The molecule has 3 rings (SSSR count). The van der Waals surface area contributed by atoms with Crippen molar-refractivity contribution in [2.24, 2.45) is 0 Å². The largest absolute Gasteiger partial charge is 0.467 e. The summed E-state index contributed by atoms with van der Waals surface area (Å²) < 4.78 is 20.9. The van der Waals surface area contributed by atoms with E-state index in [1.54, 1.807) is 12.1 Å². The van der Waals surface area contributed by atoms with Crippen LogP contribution >= 0.6 is 11.6 Å². The maximum absolute atomic E-state index is 14.4. The normalized spacial score (nSPS) is 10.9. The van der Waals surface area contributed by atoms with Crippen molar-refractivity contribution < 1.29 is 13.6 Å². The number of aromatic amines is 1. The first-order valence-electron chi connectivity index (χ1n) is 9.25. The van der Waals surface area contributed by atoms with Crippen molar-refractivity contribution in [2.75, 3.05) is 10.6 Å². The van der Waals surface area contributed by atoms with E-state index in [-0.39, 0.29) is 35.2 Å². The molecule has 0 fully saturated rings. The number of hydrogen-bond donors (Lipinski definition) is 2. The summed E-state index contributed by atoms with van der Waals surface area (Å²) in [5.41, 5.74) is 3.96. The minimum Gasteiger partial charge on any atom is -0.467 e. The molecule has 1 aromatic carbocycles. The summed E-state index contributed by atoms with van der Waals surface area (Å²) in [5.74, 6) is -1.54. The average Bonchev–Trinajstić information content (AvgIpc) is 3.21. The van der Waals surface area contributed by atoms with E-state index in [0.717, 1.165) is 23.5 Å². The Kier molecular flexibility index (Phi) is 6.41. The highest BCUT2D eigenvalue weighted by Gasteiger charge is 2.28. The molecule has 0 atom stereocenters. The number of benzene rings is 1. The van der Waals surface area contributed by atoms with E-state index < -0.39 is 23.0 Å². The highest BCUT2D eigenvalue weighted by Crippen LogP contribution is 2.24. The number of carbonyl (C=O) groups excluding carboxylic acids is 1. The lowest BCUT2D eigenvalue weighted by atomic mass is 10.1. The van der Waals surface area contributed by atoms with E-state index in [1.807, 2.05) is 6.92 Å². The van der Waals surface area contributed by atoms with Gasteiger partial charge in [0, 0.05) is 11.6 Å². The minimum atomic E-state index is -0.868. The lowest BCUT2D eigenvalue weighted by Crippen LogP contribution is -2.41. The van der Waals surface area contributed by atoms with Crippen molar-refractivity contribution in [1.82, 2.24) is 9.55 Å². The van der Waals surface area contributed by atoms with Gasteiger partial charge in [-0.1, -0.05) is 24.9 Å². The zero-order valence-electron chi connectivity index (χ0n) is 16.2. The molecule has 0 saturated heterocycles. The van der Waals surface area contributed by atoms with Crippen LogP contribution in [0.2, 0.25) is 5.02 Å². The summed E-state index contributed by atoms with van der Waals surface area (Å²) >= 11 is 5.93. The van der Waals surface area contributed by atoms with Crippen LogP contribution in [0.3, 0.4) is 0 Å². The fourth-order valence-electron chi connectivity index (χ4n) is 2.99. The van der Waals surface area contributed by atoms with Crippen molar-refractivity contribution in [3.8, 4) is 0 Å². The van der Waals surface area contributed by atoms with Crippen molar-refractivity contribution in [3.05, 3.63) is 79.6 Å². The molecule has 0 bridgehead atoms. The van der Waals surface area contributed by atoms with Gasteiger partial charge in [-0.3, -0.25) is 24.0 Å². The van der Waals surface area contributed by atoms with Gasteiger partial charge in [-0.05, 0) is 36.8 Å². The van der Waals surface area contributed by atoms with Gasteiger partial charge >= 0.3 is 5.69 Å². The third-order valence-electron chi connectivity index (χ3n) is 4.52. The Hall–Kier alpha value is -3.33. The molecule has 0 saturated carbocycles. The summed E-state index contributed by atoms with van der Waals surface area (Å²) in [4.78, 5) is 41.3. The highest BCUT2D eigenvalue weighted by molar-refractivity contribution is 6.31. The first kappa shape index (κ1) is 21.4. The number of halogens is 2. The second kappa shape index (κ2) is 9.00. The number of aromatic nitrogens is 2. The molecule has 10 heteroatoms. The van der Waals surface area contributed by atoms with Gasteiger partial charge in [-0.25, -0.2) is 9.18 Å². The molecule has 1 amide bonds. The highest BCUT2D eigenvalue weighted by atomic mass is 35.5. The molecule has 0 unspecified atom stereocenters. The van der Waals surface area contributed by atoms with E-state index in [4.69, 9.17) is 21.8 Å². The van der Waals surface area contributed by atoms with Gasteiger partial charge in [-0.2, -0.15) is 0 Å². The van der Waals surface area contributed by atoms with Crippen molar-refractivity contribution in [2.45, 2.75) is 32.9 Å². The summed E-state index contributed by atoms with van der Waals surface area (Å²) in [6, 6.07) is 6.71. The summed E-state index contributed by atoms with van der Waals surface area (Å²) in [6.07, 6.45) is 2.81. The SMILES string of the molecule is CCCCn1c(N)c(N(Cc2ccco2)C(=O)c2cc(Cl)ccc2F)c(=O)[nH]c1=O. The molecule has 3 aromatic rings. The average molecular weight is 435 g/mol. The van der Waals surface area contributed by atoms with Gasteiger partial charge in [0.25, 0.3) is 11.5 Å². The first-order chi connectivity index (χ1) is 14.3. The molecule has 2 aromatic heterocycles. The van der Waals surface area contributed by atoms with Crippen LogP contribution in [0.4, 0.5) is 15.9 Å². The van der Waals surface area contributed by atoms with Gasteiger partial charge in [0.1, 0.15) is 17.4 Å². The zero-order chi connectivity index (χ0) is 21.8. The number of amides is 1. The van der Waals surface area contributed by atoms with E-state index in [1.165, 1.54) is 16.9 Å². The van der Waals surface area contributed by atoms with Crippen LogP contribution in [-0.4, -0.2) is 15.5 Å². The number of H-pyrrole nitrogens is 1. The number of nitrogens with zero attached hydrogens (tertiary/aromatic N) is 2. The van der Waals surface area contributed by atoms with Crippen molar-refractivity contribution in [3.63, 3.8) is 0 Å². The Bertz CT molecular complexity index is 1170. The molecule has 8 nitrogen and oxygen atoms in total. The lowest BCUT2D eigenvalue weighted by Gasteiger charge is -2.24. The zero-order valence-corrected chi connectivity index (χ0v) is 16.9. The molecule has 158 valence electrons. The molecule has 30 heavy (non-hydrogen) atoms. The number of nitrogen functional groups attached to an aromatic ring is 1. The van der Waals surface area contributed by atoms with Gasteiger partial charge in [0.05, 0.1) is 18.4 Å². The third kappa shape index (κ3) is 4.30. The summed E-state index contributed by atoms with van der Waals surface area (Å²) in [5, 5.41) is 0.146. The number of carbonyl (C=O) groups is 1. The Balaban J connectivity index is 2.18. The molecule has 0 aliphatic rings.